The molecule has 0 saturated heterocycles. The molecule has 1 aromatic carbocycles. The van der Waals surface area contributed by atoms with Gasteiger partial charge in [-0.25, -0.2) is 4.98 Å². The summed E-state index contributed by atoms with van der Waals surface area (Å²) >= 11 is 11.7. The molecule has 0 amide bonds. The van der Waals surface area contributed by atoms with E-state index in [1.165, 1.54) is 30.6 Å². The SMILES string of the molecule is O=S(=O)(O)c1cc(N=Nc2ncc(Cl)cc2Cl)c(O)c2ncccc12. The summed E-state index contributed by atoms with van der Waals surface area (Å²) in [6.45, 7) is 0. The van der Waals surface area contributed by atoms with Crippen LogP contribution in [-0.2, 0) is 10.1 Å². The number of fused-ring (bicyclic) bond motifs is 1. The Morgan fingerprint density at radius 2 is 1.88 bits per heavy atom. The summed E-state index contributed by atoms with van der Waals surface area (Å²) in [4.78, 5) is 7.32. The molecule has 0 aliphatic rings. The number of benzene rings is 1. The monoisotopic (exact) mass is 398 g/mol. The van der Waals surface area contributed by atoms with E-state index in [4.69, 9.17) is 23.2 Å². The highest BCUT2D eigenvalue weighted by Crippen LogP contribution is 2.38. The first-order valence-electron chi connectivity index (χ1n) is 6.58. The number of rotatable bonds is 3. The molecule has 0 fully saturated rings. The van der Waals surface area contributed by atoms with E-state index in [1.807, 2.05) is 0 Å². The van der Waals surface area contributed by atoms with E-state index in [0.717, 1.165) is 6.07 Å². The van der Waals surface area contributed by atoms with Gasteiger partial charge in [0, 0.05) is 17.8 Å². The van der Waals surface area contributed by atoms with Gasteiger partial charge in [0.1, 0.15) is 16.1 Å². The van der Waals surface area contributed by atoms with Gasteiger partial charge in [0.05, 0.1) is 10.0 Å². The Balaban J connectivity index is 2.19. The molecule has 0 radical (unpaired) electrons. The Morgan fingerprint density at radius 1 is 1.12 bits per heavy atom. The minimum absolute atomic E-state index is 0.0139. The van der Waals surface area contributed by atoms with Crippen LogP contribution in [-0.4, -0.2) is 28.0 Å². The molecular weight excluding hydrogens is 391 g/mol. The Kier molecular flexibility index (Phi) is 4.56. The highest BCUT2D eigenvalue weighted by atomic mass is 35.5. The zero-order valence-corrected chi connectivity index (χ0v) is 14.5. The molecule has 0 unspecified atom stereocenters. The lowest BCUT2D eigenvalue weighted by Crippen LogP contribution is -1.99. The molecule has 3 rings (SSSR count). The van der Waals surface area contributed by atoms with Crippen molar-refractivity contribution in [2.45, 2.75) is 4.90 Å². The average molecular weight is 399 g/mol. The van der Waals surface area contributed by atoms with Crippen LogP contribution in [0.15, 0.2) is 51.8 Å². The maximum Gasteiger partial charge on any atom is 0.295 e. The lowest BCUT2D eigenvalue weighted by molar-refractivity contribution is 0.479. The minimum atomic E-state index is -4.58. The lowest BCUT2D eigenvalue weighted by Gasteiger charge is -2.07. The molecule has 2 heterocycles. The number of azo groups is 1. The maximum atomic E-state index is 11.6. The van der Waals surface area contributed by atoms with E-state index in [-0.39, 0.29) is 27.4 Å². The van der Waals surface area contributed by atoms with Gasteiger partial charge in [-0.15, -0.1) is 10.2 Å². The molecule has 128 valence electrons. The molecule has 2 aromatic heterocycles. The van der Waals surface area contributed by atoms with Crippen molar-refractivity contribution in [2.75, 3.05) is 0 Å². The van der Waals surface area contributed by atoms with Crippen molar-refractivity contribution < 1.29 is 18.1 Å². The van der Waals surface area contributed by atoms with E-state index in [2.05, 4.69) is 20.2 Å². The molecule has 2 N–H and O–H groups in total. The molecule has 0 atom stereocenters. The van der Waals surface area contributed by atoms with Gasteiger partial charge >= 0.3 is 0 Å². The molecule has 8 nitrogen and oxygen atoms in total. The molecular formula is C14H8Cl2N4O4S. The molecule has 0 aliphatic carbocycles. The lowest BCUT2D eigenvalue weighted by atomic mass is 10.2. The van der Waals surface area contributed by atoms with E-state index in [9.17, 15) is 18.1 Å². The number of phenols is 1. The molecule has 0 saturated carbocycles. The van der Waals surface area contributed by atoms with Gasteiger partial charge in [-0.2, -0.15) is 8.42 Å². The Bertz CT molecular complexity index is 1120. The van der Waals surface area contributed by atoms with Crippen molar-refractivity contribution in [3.8, 4) is 5.75 Å². The third kappa shape index (κ3) is 3.54. The Morgan fingerprint density at radius 3 is 2.56 bits per heavy atom. The number of aromatic nitrogens is 2. The van der Waals surface area contributed by atoms with Crippen molar-refractivity contribution in [1.82, 2.24) is 9.97 Å². The quantitative estimate of drug-likeness (QED) is 0.500. The van der Waals surface area contributed by atoms with Gasteiger partial charge in [0.2, 0.25) is 0 Å². The summed E-state index contributed by atoms with van der Waals surface area (Å²) in [6, 6.07) is 5.23. The number of phenolic OH excluding ortho intramolecular Hbond substituents is 1. The first kappa shape index (κ1) is 17.5. The Labute approximate surface area is 151 Å². The van der Waals surface area contributed by atoms with Crippen molar-refractivity contribution in [3.05, 3.63) is 46.7 Å². The van der Waals surface area contributed by atoms with Crippen LogP contribution in [0.3, 0.4) is 0 Å². The van der Waals surface area contributed by atoms with E-state index < -0.39 is 20.8 Å². The molecule has 3 aromatic rings. The highest BCUT2D eigenvalue weighted by molar-refractivity contribution is 7.86. The minimum Gasteiger partial charge on any atom is -0.504 e. The first-order chi connectivity index (χ1) is 11.8. The molecule has 0 aliphatic heterocycles. The third-order valence-corrected chi connectivity index (χ3v) is 4.51. The predicted molar refractivity (Wildman–Crippen MR) is 91.7 cm³/mol. The second kappa shape index (κ2) is 6.52. The van der Waals surface area contributed by atoms with Crippen LogP contribution < -0.4 is 0 Å². The molecule has 0 bridgehead atoms. The molecule has 0 spiro atoms. The zero-order valence-electron chi connectivity index (χ0n) is 12.1. The zero-order chi connectivity index (χ0) is 18.2. The van der Waals surface area contributed by atoms with Crippen LogP contribution in [0, 0.1) is 0 Å². The average Bonchev–Trinajstić information content (AvgIpc) is 2.54. The van der Waals surface area contributed by atoms with Crippen LogP contribution >= 0.6 is 23.2 Å². The number of pyridine rings is 2. The fraction of sp³-hybridized carbons (Fsp3) is 0. The first-order valence-corrected chi connectivity index (χ1v) is 8.78. The standard InChI is InChI=1S/C14H8Cl2N4O4S/c15-7-4-9(16)14(18-6-7)20-19-10-5-11(25(22,23)24)8-2-1-3-17-12(8)13(10)21/h1-6,21H,(H,22,23,24). The fourth-order valence-corrected chi connectivity index (χ4v) is 3.18. The fourth-order valence-electron chi connectivity index (χ4n) is 2.06. The van der Waals surface area contributed by atoms with Gasteiger partial charge in [-0.1, -0.05) is 23.2 Å². The second-order valence-corrected chi connectivity index (χ2v) is 7.01. The molecule has 25 heavy (non-hydrogen) atoms. The van der Waals surface area contributed by atoms with Crippen LogP contribution in [0.25, 0.3) is 10.9 Å². The van der Waals surface area contributed by atoms with Crippen molar-refractivity contribution in [2.24, 2.45) is 10.2 Å². The van der Waals surface area contributed by atoms with E-state index in [1.54, 1.807) is 0 Å². The van der Waals surface area contributed by atoms with E-state index >= 15 is 0 Å². The van der Waals surface area contributed by atoms with E-state index in [0.29, 0.717) is 5.02 Å². The van der Waals surface area contributed by atoms with Crippen molar-refractivity contribution >= 4 is 55.7 Å². The van der Waals surface area contributed by atoms with Crippen molar-refractivity contribution in [1.29, 1.82) is 0 Å². The van der Waals surface area contributed by atoms with Gasteiger partial charge in [-0.3, -0.25) is 9.54 Å². The highest BCUT2D eigenvalue weighted by Gasteiger charge is 2.20. The molecule has 11 heteroatoms. The number of nitrogens with zero attached hydrogens (tertiary/aromatic N) is 4. The summed E-state index contributed by atoms with van der Waals surface area (Å²) in [5, 5.41) is 18.3. The van der Waals surface area contributed by atoms with Crippen LogP contribution in [0.5, 0.6) is 5.75 Å². The third-order valence-electron chi connectivity index (χ3n) is 3.13. The van der Waals surface area contributed by atoms with Gasteiger partial charge in [-0.05, 0) is 24.3 Å². The summed E-state index contributed by atoms with van der Waals surface area (Å²) in [7, 11) is -4.58. The van der Waals surface area contributed by atoms with Crippen molar-refractivity contribution in [3.63, 3.8) is 0 Å². The maximum absolute atomic E-state index is 11.6. The summed E-state index contributed by atoms with van der Waals surface area (Å²) in [6.07, 6.45) is 2.65. The number of aromatic hydroxyl groups is 1. The topological polar surface area (TPSA) is 125 Å². The Hall–Kier alpha value is -2.33. The van der Waals surface area contributed by atoms with Crippen LogP contribution in [0.4, 0.5) is 11.5 Å². The second-order valence-electron chi connectivity index (χ2n) is 4.78. The number of halogens is 2. The number of hydrogen-bond donors (Lipinski definition) is 2. The van der Waals surface area contributed by atoms with Gasteiger partial charge in [0.25, 0.3) is 10.1 Å². The van der Waals surface area contributed by atoms with Gasteiger partial charge < -0.3 is 5.11 Å². The summed E-state index contributed by atoms with van der Waals surface area (Å²) in [5.41, 5.74) is -0.284. The predicted octanol–water partition coefficient (Wildman–Crippen LogP) is 4.30. The smallest absolute Gasteiger partial charge is 0.295 e. The summed E-state index contributed by atoms with van der Waals surface area (Å²) < 4.78 is 32.6. The largest absolute Gasteiger partial charge is 0.504 e. The van der Waals surface area contributed by atoms with Crippen LogP contribution in [0.2, 0.25) is 10.0 Å². The normalized spacial score (nSPS) is 12.1. The van der Waals surface area contributed by atoms with Gasteiger partial charge in [0.15, 0.2) is 11.6 Å². The number of hydrogen-bond acceptors (Lipinski definition) is 7. The van der Waals surface area contributed by atoms with Crippen LogP contribution in [0.1, 0.15) is 0 Å². The summed E-state index contributed by atoms with van der Waals surface area (Å²) in [5.74, 6) is -0.392.